The third-order valence-corrected chi connectivity index (χ3v) is 3.33. The fourth-order valence-electron chi connectivity index (χ4n) is 2.22. The molecule has 0 atom stereocenters. The molecule has 0 radical (unpaired) electrons. The molecular formula is C14H19N3O2. The van der Waals surface area contributed by atoms with Gasteiger partial charge in [-0.2, -0.15) is 0 Å². The number of nitrogens with zero attached hydrogens (tertiary/aromatic N) is 3. The Balaban J connectivity index is 1.96. The van der Waals surface area contributed by atoms with Gasteiger partial charge in [-0.1, -0.05) is 6.07 Å². The highest BCUT2D eigenvalue weighted by molar-refractivity contribution is 5.84. The molecule has 2 rings (SSSR count). The molecule has 0 unspecified atom stereocenters. The third kappa shape index (κ3) is 3.77. The molecule has 1 aromatic rings. The SMILES string of the molecule is CC(=O)N(CC(=O)N1CCCC1)Cc1cccnc1. The first-order chi connectivity index (χ1) is 9.16. The summed E-state index contributed by atoms with van der Waals surface area (Å²) < 4.78 is 0. The second-order valence-corrected chi connectivity index (χ2v) is 4.82. The van der Waals surface area contributed by atoms with E-state index >= 15 is 0 Å². The number of hydrogen-bond donors (Lipinski definition) is 0. The summed E-state index contributed by atoms with van der Waals surface area (Å²) >= 11 is 0. The molecule has 1 saturated heterocycles. The first-order valence-corrected chi connectivity index (χ1v) is 6.59. The maximum atomic E-state index is 12.1. The van der Waals surface area contributed by atoms with Gasteiger partial charge in [-0.15, -0.1) is 0 Å². The van der Waals surface area contributed by atoms with Crippen molar-refractivity contribution >= 4 is 11.8 Å². The Bertz CT molecular complexity index is 441. The van der Waals surface area contributed by atoms with Crippen LogP contribution in [-0.4, -0.2) is 46.2 Å². The molecule has 0 N–H and O–H groups in total. The molecule has 102 valence electrons. The highest BCUT2D eigenvalue weighted by Crippen LogP contribution is 2.09. The van der Waals surface area contributed by atoms with Crippen molar-refractivity contribution in [2.45, 2.75) is 26.3 Å². The van der Waals surface area contributed by atoms with Gasteiger partial charge in [0.25, 0.3) is 0 Å². The van der Waals surface area contributed by atoms with Crippen LogP contribution in [0.4, 0.5) is 0 Å². The predicted molar refractivity (Wildman–Crippen MR) is 71.1 cm³/mol. The maximum absolute atomic E-state index is 12.1. The molecule has 1 aromatic heterocycles. The summed E-state index contributed by atoms with van der Waals surface area (Å²) in [7, 11) is 0. The van der Waals surface area contributed by atoms with E-state index in [0.717, 1.165) is 31.5 Å². The molecule has 0 saturated carbocycles. The molecule has 5 heteroatoms. The highest BCUT2D eigenvalue weighted by Gasteiger charge is 2.21. The number of rotatable bonds is 4. The number of pyridine rings is 1. The molecule has 1 fully saturated rings. The molecule has 0 spiro atoms. The predicted octanol–water partition coefficient (Wildman–Crippen LogP) is 1.05. The summed E-state index contributed by atoms with van der Waals surface area (Å²) in [6, 6.07) is 3.74. The van der Waals surface area contributed by atoms with Crippen LogP contribution in [0, 0.1) is 0 Å². The fourth-order valence-corrected chi connectivity index (χ4v) is 2.22. The summed E-state index contributed by atoms with van der Waals surface area (Å²) in [5.74, 6) is -0.0482. The lowest BCUT2D eigenvalue weighted by molar-refractivity contribution is -0.139. The Labute approximate surface area is 113 Å². The first kappa shape index (κ1) is 13.5. The number of aromatic nitrogens is 1. The van der Waals surface area contributed by atoms with Gasteiger partial charge in [-0.25, -0.2) is 0 Å². The van der Waals surface area contributed by atoms with Crippen molar-refractivity contribution < 1.29 is 9.59 Å². The average molecular weight is 261 g/mol. The van der Waals surface area contributed by atoms with Crippen LogP contribution in [0.1, 0.15) is 25.3 Å². The van der Waals surface area contributed by atoms with Crippen molar-refractivity contribution in [3.05, 3.63) is 30.1 Å². The third-order valence-electron chi connectivity index (χ3n) is 3.33. The van der Waals surface area contributed by atoms with Gasteiger partial charge in [0.15, 0.2) is 0 Å². The van der Waals surface area contributed by atoms with Gasteiger partial charge in [0.2, 0.25) is 11.8 Å². The van der Waals surface area contributed by atoms with E-state index in [1.54, 1.807) is 17.3 Å². The van der Waals surface area contributed by atoms with Crippen LogP contribution in [0.5, 0.6) is 0 Å². The molecule has 0 aromatic carbocycles. The lowest BCUT2D eigenvalue weighted by atomic mass is 10.2. The molecule has 1 aliphatic rings. The second kappa shape index (κ2) is 6.31. The molecule has 0 bridgehead atoms. The van der Waals surface area contributed by atoms with Crippen molar-refractivity contribution in [1.29, 1.82) is 0 Å². The maximum Gasteiger partial charge on any atom is 0.242 e. The van der Waals surface area contributed by atoms with Crippen molar-refractivity contribution in [3.63, 3.8) is 0 Å². The Hall–Kier alpha value is -1.91. The second-order valence-electron chi connectivity index (χ2n) is 4.82. The molecule has 0 aliphatic carbocycles. The van der Waals surface area contributed by atoms with Gasteiger partial charge < -0.3 is 9.80 Å². The van der Waals surface area contributed by atoms with E-state index in [4.69, 9.17) is 0 Å². The lowest BCUT2D eigenvalue weighted by Gasteiger charge is -2.23. The number of carbonyl (C=O) groups is 2. The molecular weight excluding hydrogens is 242 g/mol. The summed E-state index contributed by atoms with van der Waals surface area (Å²) in [6.45, 7) is 3.72. The Kier molecular flexibility index (Phi) is 4.49. The summed E-state index contributed by atoms with van der Waals surface area (Å²) in [4.78, 5) is 31.1. The van der Waals surface area contributed by atoms with Gasteiger partial charge in [-0.3, -0.25) is 14.6 Å². The van der Waals surface area contributed by atoms with Crippen molar-refractivity contribution in [2.24, 2.45) is 0 Å². The van der Waals surface area contributed by atoms with Crippen LogP contribution in [0.25, 0.3) is 0 Å². The van der Waals surface area contributed by atoms with Crippen LogP contribution in [-0.2, 0) is 16.1 Å². The average Bonchev–Trinajstić information content (AvgIpc) is 2.93. The van der Waals surface area contributed by atoms with Gasteiger partial charge in [0.05, 0.1) is 0 Å². The monoisotopic (exact) mass is 261 g/mol. The smallest absolute Gasteiger partial charge is 0.242 e. The molecule has 1 aliphatic heterocycles. The van der Waals surface area contributed by atoms with Gasteiger partial charge >= 0.3 is 0 Å². The minimum absolute atomic E-state index is 0.0385. The Morgan fingerprint density at radius 1 is 1.37 bits per heavy atom. The van der Waals surface area contributed by atoms with Gasteiger partial charge in [0.1, 0.15) is 6.54 Å². The van der Waals surface area contributed by atoms with E-state index < -0.39 is 0 Å². The van der Waals surface area contributed by atoms with E-state index in [0.29, 0.717) is 6.54 Å². The number of carbonyl (C=O) groups excluding carboxylic acids is 2. The number of amides is 2. The van der Waals surface area contributed by atoms with Crippen molar-refractivity contribution in [1.82, 2.24) is 14.8 Å². The summed E-state index contributed by atoms with van der Waals surface area (Å²) in [5.41, 5.74) is 0.937. The zero-order valence-electron chi connectivity index (χ0n) is 11.2. The number of hydrogen-bond acceptors (Lipinski definition) is 3. The standard InChI is InChI=1S/C14H19N3O2/c1-12(18)17(10-13-5-4-6-15-9-13)11-14(19)16-7-2-3-8-16/h4-6,9H,2-3,7-8,10-11H2,1H3. The van der Waals surface area contributed by atoms with Crippen LogP contribution in [0.3, 0.4) is 0 Å². The van der Waals surface area contributed by atoms with Crippen LogP contribution >= 0.6 is 0 Å². The minimum Gasteiger partial charge on any atom is -0.341 e. The summed E-state index contributed by atoms with van der Waals surface area (Å²) in [6.07, 6.45) is 5.54. The van der Waals surface area contributed by atoms with Gasteiger partial charge in [-0.05, 0) is 24.5 Å². The fraction of sp³-hybridized carbons (Fsp3) is 0.500. The van der Waals surface area contributed by atoms with E-state index in [9.17, 15) is 9.59 Å². The largest absolute Gasteiger partial charge is 0.341 e. The highest BCUT2D eigenvalue weighted by atomic mass is 16.2. The first-order valence-electron chi connectivity index (χ1n) is 6.59. The van der Waals surface area contributed by atoms with E-state index in [-0.39, 0.29) is 18.4 Å². The van der Waals surface area contributed by atoms with Gasteiger partial charge in [0, 0.05) is 39.0 Å². The topological polar surface area (TPSA) is 53.5 Å². The molecule has 2 heterocycles. The minimum atomic E-state index is -0.0867. The quantitative estimate of drug-likeness (QED) is 0.814. The lowest BCUT2D eigenvalue weighted by Crippen LogP contribution is -2.40. The van der Waals surface area contributed by atoms with E-state index in [1.807, 2.05) is 17.0 Å². The molecule has 2 amide bonds. The van der Waals surface area contributed by atoms with Crippen LogP contribution in [0.2, 0.25) is 0 Å². The normalized spacial score (nSPS) is 14.5. The van der Waals surface area contributed by atoms with E-state index in [2.05, 4.69) is 4.98 Å². The summed E-state index contributed by atoms with van der Waals surface area (Å²) in [5, 5.41) is 0. The van der Waals surface area contributed by atoms with E-state index in [1.165, 1.54) is 6.92 Å². The Morgan fingerprint density at radius 2 is 2.11 bits per heavy atom. The molecule has 5 nitrogen and oxygen atoms in total. The zero-order valence-corrected chi connectivity index (χ0v) is 11.2. The Morgan fingerprint density at radius 3 is 2.68 bits per heavy atom. The zero-order chi connectivity index (χ0) is 13.7. The molecule has 19 heavy (non-hydrogen) atoms. The van der Waals surface area contributed by atoms with Crippen molar-refractivity contribution in [2.75, 3.05) is 19.6 Å². The van der Waals surface area contributed by atoms with Crippen LogP contribution < -0.4 is 0 Å². The number of likely N-dealkylation sites (tertiary alicyclic amines) is 1. The van der Waals surface area contributed by atoms with Crippen LogP contribution in [0.15, 0.2) is 24.5 Å². The van der Waals surface area contributed by atoms with Crippen molar-refractivity contribution in [3.8, 4) is 0 Å².